The fourth-order valence-electron chi connectivity index (χ4n) is 1.31. The van der Waals surface area contributed by atoms with Crippen molar-refractivity contribution in [3.8, 4) is 0 Å². The van der Waals surface area contributed by atoms with E-state index in [4.69, 9.17) is 11.6 Å². The van der Waals surface area contributed by atoms with Crippen LogP contribution in [0.1, 0.15) is 5.56 Å². The molecule has 0 atom stereocenters. The van der Waals surface area contributed by atoms with E-state index in [-0.39, 0.29) is 11.0 Å². The van der Waals surface area contributed by atoms with Crippen LogP contribution in [-0.2, 0) is 10.5 Å². The monoisotopic (exact) mass is 279 g/mol. The molecule has 0 unspecified atom stereocenters. The van der Waals surface area contributed by atoms with Crippen molar-refractivity contribution in [3.05, 3.63) is 47.2 Å². The molecule has 6 heteroatoms. The Morgan fingerprint density at radius 2 is 2.11 bits per heavy atom. The minimum atomic E-state index is 0.195. The van der Waals surface area contributed by atoms with Crippen LogP contribution in [0.3, 0.4) is 0 Å². The Morgan fingerprint density at radius 3 is 2.78 bits per heavy atom. The van der Waals surface area contributed by atoms with Gasteiger partial charge in [-0.1, -0.05) is 41.9 Å². The third-order valence-corrected chi connectivity index (χ3v) is 3.37. The Balaban J connectivity index is 2.02. The number of aromatic nitrogens is 2. The van der Waals surface area contributed by atoms with Crippen LogP contribution in [0, 0.1) is 0 Å². The van der Waals surface area contributed by atoms with Gasteiger partial charge in [-0.3, -0.25) is 4.79 Å². The van der Waals surface area contributed by atoms with Gasteiger partial charge in [-0.05, 0) is 5.56 Å². The summed E-state index contributed by atoms with van der Waals surface area (Å²) in [6.07, 6.45) is 2.11. The van der Waals surface area contributed by atoms with Gasteiger partial charge in [-0.15, -0.1) is 11.8 Å². The van der Waals surface area contributed by atoms with E-state index >= 15 is 0 Å². The number of hydrogen-bond acceptors (Lipinski definition) is 4. The maximum absolute atomic E-state index is 10.3. The third-order valence-electron chi connectivity index (χ3n) is 2.13. The molecule has 1 aromatic carbocycles. The molecule has 2 rings (SSSR count). The van der Waals surface area contributed by atoms with Gasteiger partial charge in [0.2, 0.25) is 6.41 Å². The van der Waals surface area contributed by atoms with Crippen LogP contribution >= 0.6 is 23.4 Å². The average Bonchev–Trinajstić information content (AvgIpc) is 2.41. The van der Waals surface area contributed by atoms with Crippen molar-refractivity contribution in [2.45, 2.75) is 10.8 Å². The molecule has 0 fully saturated rings. The number of hydrogen-bond donors (Lipinski definition) is 1. The summed E-state index contributed by atoms with van der Waals surface area (Å²) >= 11 is 7.42. The van der Waals surface area contributed by atoms with Crippen molar-refractivity contribution in [2.75, 3.05) is 5.32 Å². The molecule has 0 saturated carbocycles. The largest absolute Gasteiger partial charge is 0.311 e. The summed E-state index contributed by atoms with van der Waals surface area (Å²) in [5.41, 5.74) is 1.20. The number of nitrogens with zero attached hydrogens (tertiary/aromatic N) is 2. The van der Waals surface area contributed by atoms with Crippen molar-refractivity contribution < 1.29 is 4.79 Å². The molecule has 1 N–H and O–H groups in total. The zero-order chi connectivity index (χ0) is 12.8. The van der Waals surface area contributed by atoms with Gasteiger partial charge in [-0.25, -0.2) is 9.97 Å². The highest BCUT2D eigenvalue weighted by Crippen LogP contribution is 2.24. The average molecular weight is 280 g/mol. The molecule has 18 heavy (non-hydrogen) atoms. The lowest BCUT2D eigenvalue weighted by molar-refractivity contribution is -0.105. The lowest BCUT2D eigenvalue weighted by atomic mass is 10.2. The van der Waals surface area contributed by atoms with Crippen LogP contribution in [0.15, 0.2) is 41.6 Å². The van der Waals surface area contributed by atoms with E-state index in [1.807, 2.05) is 30.3 Å². The second kappa shape index (κ2) is 6.37. The first-order valence-electron chi connectivity index (χ1n) is 5.19. The van der Waals surface area contributed by atoms with Crippen LogP contribution in [0.5, 0.6) is 0 Å². The highest BCUT2D eigenvalue weighted by molar-refractivity contribution is 7.98. The summed E-state index contributed by atoms with van der Waals surface area (Å²) in [5.74, 6) is 1.07. The van der Waals surface area contributed by atoms with Gasteiger partial charge in [0.1, 0.15) is 5.03 Å². The molecule has 0 aliphatic heterocycles. The van der Waals surface area contributed by atoms with Gasteiger partial charge >= 0.3 is 0 Å². The summed E-state index contributed by atoms with van der Waals surface area (Å²) in [4.78, 5) is 18.5. The summed E-state index contributed by atoms with van der Waals surface area (Å²) in [6.45, 7) is 0. The van der Waals surface area contributed by atoms with Gasteiger partial charge in [0.15, 0.2) is 11.0 Å². The van der Waals surface area contributed by atoms with Crippen LogP contribution in [0.4, 0.5) is 5.82 Å². The Morgan fingerprint density at radius 1 is 1.33 bits per heavy atom. The smallest absolute Gasteiger partial charge is 0.212 e. The van der Waals surface area contributed by atoms with Crippen molar-refractivity contribution in [3.63, 3.8) is 0 Å². The number of anilines is 1. The molecule has 1 amide bonds. The van der Waals surface area contributed by atoms with Crippen LogP contribution < -0.4 is 5.32 Å². The minimum Gasteiger partial charge on any atom is -0.311 e. The Hall–Kier alpha value is -1.59. The van der Waals surface area contributed by atoms with E-state index in [1.165, 1.54) is 5.56 Å². The van der Waals surface area contributed by atoms with Gasteiger partial charge in [-0.2, -0.15) is 0 Å². The van der Waals surface area contributed by atoms with Crippen molar-refractivity contribution in [2.24, 2.45) is 0 Å². The highest BCUT2D eigenvalue weighted by atomic mass is 35.5. The molecule has 92 valence electrons. The maximum atomic E-state index is 10.3. The number of carbonyl (C=O) groups excluding carboxylic acids is 1. The highest BCUT2D eigenvalue weighted by Gasteiger charge is 2.05. The molecule has 2 aromatic rings. The number of rotatable bonds is 5. The Kier molecular flexibility index (Phi) is 4.55. The van der Waals surface area contributed by atoms with E-state index < -0.39 is 0 Å². The SMILES string of the molecule is O=CNc1ncc(SCc2ccccc2)nc1Cl. The van der Waals surface area contributed by atoms with Gasteiger partial charge in [0.25, 0.3) is 0 Å². The van der Waals surface area contributed by atoms with Gasteiger partial charge in [0.05, 0.1) is 6.20 Å². The van der Waals surface area contributed by atoms with E-state index in [0.717, 1.165) is 10.8 Å². The van der Waals surface area contributed by atoms with Crippen molar-refractivity contribution in [1.82, 2.24) is 9.97 Å². The van der Waals surface area contributed by atoms with Gasteiger partial charge < -0.3 is 5.32 Å². The molecule has 0 spiro atoms. The van der Waals surface area contributed by atoms with Crippen LogP contribution in [-0.4, -0.2) is 16.4 Å². The van der Waals surface area contributed by atoms with Crippen molar-refractivity contribution in [1.29, 1.82) is 0 Å². The number of halogens is 1. The summed E-state index contributed by atoms with van der Waals surface area (Å²) in [7, 11) is 0. The van der Waals surface area contributed by atoms with Crippen molar-refractivity contribution >= 4 is 35.6 Å². The van der Waals surface area contributed by atoms with E-state index in [0.29, 0.717) is 6.41 Å². The summed E-state index contributed by atoms with van der Waals surface area (Å²) in [5, 5.41) is 3.30. The third kappa shape index (κ3) is 3.45. The molecule has 4 nitrogen and oxygen atoms in total. The molecule has 0 saturated heterocycles. The fraction of sp³-hybridized carbons (Fsp3) is 0.0833. The number of nitrogens with one attached hydrogen (secondary N) is 1. The zero-order valence-electron chi connectivity index (χ0n) is 9.34. The van der Waals surface area contributed by atoms with Gasteiger partial charge in [0, 0.05) is 5.75 Å². The second-order valence-corrected chi connectivity index (χ2v) is 4.74. The predicted octanol–water partition coefficient (Wildman–Crippen LogP) is 2.99. The predicted molar refractivity (Wildman–Crippen MR) is 72.7 cm³/mol. The van der Waals surface area contributed by atoms with E-state index in [9.17, 15) is 4.79 Å². The lowest BCUT2D eigenvalue weighted by Crippen LogP contribution is -1.99. The first-order chi connectivity index (χ1) is 8.79. The molecule has 0 radical (unpaired) electrons. The Bertz CT molecular complexity index is 536. The summed E-state index contributed by atoms with van der Waals surface area (Å²) < 4.78 is 0. The fourth-order valence-corrected chi connectivity index (χ4v) is 2.34. The standard InChI is InChI=1S/C12H10ClN3OS/c13-11-12(15-8-17)14-6-10(16-11)18-7-9-4-2-1-3-5-9/h1-6,8H,7H2,(H,14,15,17). The molecule has 1 aromatic heterocycles. The molecule has 0 bridgehead atoms. The van der Waals surface area contributed by atoms with Crippen LogP contribution in [0.25, 0.3) is 0 Å². The quantitative estimate of drug-likeness (QED) is 0.675. The first-order valence-corrected chi connectivity index (χ1v) is 6.55. The zero-order valence-corrected chi connectivity index (χ0v) is 10.9. The number of thioether (sulfide) groups is 1. The van der Waals surface area contributed by atoms with E-state index in [1.54, 1.807) is 18.0 Å². The molecule has 0 aliphatic rings. The Labute approximate surface area is 114 Å². The minimum absolute atomic E-state index is 0.195. The number of amides is 1. The number of benzene rings is 1. The maximum Gasteiger partial charge on any atom is 0.212 e. The van der Waals surface area contributed by atoms with E-state index in [2.05, 4.69) is 15.3 Å². The molecular weight excluding hydrogens is 270 g/mol. The first kappa shape index (κ1) is 12.9. The summed E-state index contributed by atoms with van der Waals surface area (Å²) in [6, 6.07) is 10.1. The normalized spacial score (nSPS) is 10.1. The molecular formula is C12H10ClN3OS. The molecule has 0 aliphatic carbocycles. The van der Waals surface area contributed by atoms with Crippen LogP contribution in [0.2, 0.25) is 5.15 Å². The molecule has 1 heterocycles. The second-order valence-electron chi connectivity index (χ2n) is 3.38. The lowest BCUT2D eigenvalue weighted by Gasteiger charge is -2.04. The topological polar surface area (TPSA) is 54.9 Å². The number of carbonyl (C=O) groups is 1.